The van der Waals surface area contributed by atoms with Gasteiger partial charge in [0.05, 0.1) is 25.9 Å². The van der Waals surface area contributed by atoms with Crippen molar-refractivity contribution in [2.45, 2.75) is 203 Å². The molecule has 99 heavy (non-hydrogen) atoms. The number of pyridine rings is 6. The third-order valence-electron chi connectivity index (χ3n) is 17.9. The summed E-state index contributed by atoms with van der Waals surface area (Å²) in [5, 5.41) is 52.0. The van der Waals surface area contributed by atoms with Crippen LogP contribution in [0.5, 0.6) is 0 Å². The number of nitrogens with zero attached hydrogens (tertiary/aromatic N) is 12. The fourth-order valence-corrected chi connectivity index (χ4v) is 14.0. The first-order valence-electron chi connectivity index (χ1n) is 33.4. The van der Waals surface area contributed by atoms with Crippen molar-refractivity contribution in [2.75, 3.05) is 30.9 Å². The summed E-state index contributed by atoms with van der Waals surface area (Å²) < 4.78 is 9.24. The normalized spacial score (nSPS) is 21.7. The first-order valence-corrected chi connectivity index (χ1v) is 35.9. The van der Waals surface area contributed by atoms with E-state index < -0.39 is 0 Å². The molecule has 0 radical (unpaired) electrons. The van der Waals surface area contributed by atoms with E-state index in [0.717, 1.165) is 81.6 Å². The summed E-state index contributed by atoms with van der Waals surface area (Å²) in [6.45, 7) is 25.2. The van der Waals surface area contributed by atoms with Crippen LogP contribution >= 0.6 is 55.1 Å². The highest BCUT2D eigenvalue weighted by molar-refractivity contribution is 9.10. The summed E-state index contributed by atoms with van der Waals surface area (Å²) in [5.41, 5.74) is 16.1. The molecule has 0 bridgehead atoms. The minimum atomic E-state index is -0.318. The number of hydrogen-bond acceptors (Lipinski definition) is 17. The standard InChI is InChI=1S/C21H25N7O2.C14H19NO2.C11H14ClN.C9H12N6O.C6H5BrClN.C5H9Br.C5H10O.2CH4/c1-12-7-15(8-12)16-9-18(22-10-13(16)2)21(30)24-19-6-4-5-17(23-19)20-25-26-27-28(20)14(3)11-29;1-4-17-14(16)13-7-12(10(3)8-15-13)11-5-9(2)6-11;1-7-3-9(4-7)10-5-11(12)13-6-8(10)2;1-6(5-16)15-9(12-13-14-15)7-3-2-4-8(10)11-7;1-4-3-9-6(8)2-5(4)7;2*1-4-2-5(6)3-4;;/h4-6,9-10,12,14-15,29H,7-8,11H2,1-3H3,(H,23,24,30);7-9,11H,4-6H2,1-3H3;5-7,9H,3-4H2,1-2H3;2-4,6,16H,5H2,1H3,(H2,10,11);2-3H,1H3;4-5H,2-3H2,1H3;4-6H,2-3H2,1H3;2*1H4/p+2/t12?,14-,15?;;;6-;;;;;/m1..1...../s1. The number of H-pyrrole nitrogens is 2. The lowest BCUT2D eigenvalue weighted by Gasteiger charge is -2.34. The molecule has 1 amide bonds. The summed E-state index contributed by atoms with van der Waals surface area (Å²) in [4.78, 5) is 50.3. The number of aliphatic hydroxyl groups excluding tert-OH is 3. The van der Waals surface area contributed by atoms with Crippen molar-refractivity contribution in [1.29, 1.82) is 0 Å². The van der Waals surface area contributed by atoms with E-state index in [9.17, 15) is 14.7 Å². The van der Waals surface area contributed by atoms with Gasteiger partial charge in [0.15, 0.2) is 10.4 Å². The Bertz CT molecular complexity index is 3790. The average Bonchev–Trinajstić information content (AvgIpc) is 1.25. The fraction of sp³-hybridized carbons (Fsp3) is 0.534. The molecule has 22 nitrogen and oxygen atoms in total. The number of nitrogens with two attached hydrogens (primary N) is 1. The number of alkyl halides is 1. The summed E-state index contributed by atoms with van der Waals surface area (Å²) in [5.74, 6) is 7.27. The Morgan fingerprint density at radius 1 is 0.616 bits per heavy atom. The van der Waals surface area contributed by atoms with E-state index in [4.69, 9.17) is 43.9 Å². The molecule has 0 aliphatic heterocycles. The molecule has 8 N–H and O–H groups in total. The van der Waals surface area contributed by atoms with E-state index >= 15 is 0 Å². The highest BCUT2D eigenvalue weighted by atomic mass is 79.9. The fourth-order valence-electron chi connectivity index (χ4n) is 11.9. The molecule has 0 unspecified atom stereocenters. The third kappa shape index (κ3) is 24.5. The van der Waals surface area contributed by atoms with Crippen molar-refractivity contribution >= 4 is 78.6 Å². The predicted octanol–water partition coefficient (Wildman–Crippen LogP) is 15.1. The Hall–Kier alpha value is -6.80. The van der Waals surface area contributed by atoms with E-state index in [2.05, 4.69) is 147 Å². The third-order valence-corrected chi connectivity index (χ3v) is 19.9. The van der Waals surface area contributed by atoms with Crippen molar-refractivity contribution in [1.82, 2.24) is 61.0 Å². The number of aryl methyl sites for hydroxylation is 4. The van der Waals surface area contributed by atoms with Crippen LogP contribution in [0.3, 0.4) is 0 Å². The number of amides is 1. The Morgan fingerprint density at radius 2 is 1.03 bits per heavy atom. The molecule has 8 aromatic rings. The Balaban J connectivity index is 0.000000222. The van der Waals surface area contributed by atoms with Gasteiger partial charge in [-0.2, -0.15) is 9.36 Å². The number of rotatable bonds is 13. The van der Waals surface area contributed by atoms with E-state index in [1.165, 1.54) is 66.3 Å². The maximum Gasteiger partial charge on any atom is 0.356 e. The Kier molecular flexibility index (Phi) is 33.5. The second-order valence-corrected chi connectivity index (χ2v) is 29.7. The molecule has 5 fully saturated rings. The topological polar surface area (TPSA) is 310 Å². The largest absolute Gasteiger partial charge is 0.461 e. The van der Waals surface area contributed by atoms with Crippen LogP contribution in [0.1, 0.15) is 224 Å². The van der Waals surface area contributed by atoms with Gasteiger partial charge in [-0.1, -0.05) is 127 Å². The van der Waals surface area contributed by atoms with Gasteiger partial charge < -0.3 is 31.1 Å². The molecule has 0 aromatic carbocycles. The second-order valence-electron chi connectivity index (χ2n) is 26.8. The van der Waals surface area contributed by atoms with E-state index in [1.807, 2.05) is 52.1 Å². The van der Waals surface area contributed by atoms with E-state index in [-0.39, 0.29) is 58.1 Å². The highest BCUT2D eigenvalue weighted by Crippen LogP contribution is 2.44. The van der Waals surface area contributed by atoms with Crippen molar-refractivity contribution in [3.05, 3.63) is 151 Å². The first kappa shape index (κ1) is 82.9. The van der Waals surface area contributed by atoms with E-state index in [1.54, 1.807) is 77.3 Å². The van der Waals surface area contributed by atoms with Gasteiger partial charge >= 0.3 is 17.6 Å². The highest BCUT2D eigenvalue weighted by Gasteiger charge is 2.32. The van der Waals surface area contributed by atoms with Crippen molar-refractivity contribution in [2.24, 2.45) is 29.6 Å². The number of carbonyl (C=O) groups is 2. The quantitative estimate of drug-likeness (QED) is 0.0244. The zero-order valence-electron chi connectivity index (χ0n) is 57.7. The number of anilines is 2. The molecule has 8 heterocycles. The number of carbonyl (C=O) groups excluding carboxylic acids is 2. The van der Waals surface area contributed by atoms with Crippen LogP contribution in [0.25, 0.3) is 23.0 Å². The van der Waals surface area contributed by atoms with Gasteiger partial charge in [-0.25, -0.2) is 29.7 Å². The molecular weight excluding hydrogens is 1430 g/mol. The second kappa shape index (κ2) is 40.0. The van der Waals surface area contributed by atoms with Gasteiger partial charge in [-0.05, 0) is 247 Å². The van der Waals surface area contributed by atoms with Crippen LogP contribution in [0.15, 0.2) is 89.9 Å². The molecule has 5 aliphatic carbocycles. The van der Waals surface area contributed by atoms with Crippen LogP contribution in [-0.2, 0) is 4.74 Å². The minimum Gasteiger partial charge on any atom is -0.461 e. The number of nitrogen functional groups attached to an aromatic ring is 1. The molecule has 0 spiro atoms. The lowest BCUT2D eigenvalue weighted by atomic mass is 9.71. The maximum atomic E-state index is 12.8. The zero-order chi connectivity index (χ0) is 70.6. The van der Waals surface area contributed by atoms with Gasteiger partial charge in [0, 0.05) is 34.1 Å². The zero-order valence-corrected chi connectivity index (χ0v) is 62.4. The number of hydrogen-bond donors (Lipinski definition) is 7. The summed E-state index contributed by atoms with van der Waals surface area (Å²) in [6, 6.07) is 17.8. The van der Waals surface area contributed by atoms with Gasteiger partial charge in [-0.3, -0.25) is 9.78 Å². The molecule has 2 atom stereocenters. The van der Waals surface area contributed by atoms with Gasteiger partial charge in [0.25, 0.3) is 5.91 Å². The van der Waals surface area contributed by atoms with Crippen LogP contribution < -0.4 is 20.4 Å². The van der Waals surface area contributed by atoms with Crippen LogP contribution in [0.4, 0.5) is 11.6 Å². The van der Waals surface area contributed by atoms with Crippen molar-refractivity contribution in [3.8, 4) is 23.0 Å². The van der Waals surface area contributed by atoms with Crippen molar-refractivity contribution in [3.63, 3.8) is 0 Å². The van der Waals surface area contributed by atoms with Crippen molar-refractivity contribution < 1.29 is 39.0 Å². The number of aromatic nitrogens is 14. The molecule has 26 heteroatoms. The summed E-state index contributed by atoms with van der Waals surface area (Å²) in [6.07, 6.45) is 19.4. The van der Waals surface area contributed by atoms with Crippen LogP contribution in [0.2, 0.25) is 10.3 Å². The smallest absolute Gasteiger partial charge is 0.356 e. The molecule has 13 rings (SSSR count). The summed E-state index contributed by atoms with van der Waals surface area (Å²) >= 11 is 18.3. The van der Waals surface area contributed by atoms with Gasteiger partial charge in [0.1, 0.15) is 67.0 Å². The molecule has 8 aromatic heterocycles. The maximum absolute atomic E-state index is 12.8. The molecule has 5 aliphatic rings. The summed E-state index contributed by atoms with van der Waals surface area (Å²) in [7, 11) is 0. The SMILES string of the molecule is C.C.CC1CC(Br)C1.CC1CC(O)C1.CCOC(=O)c1cc(C2CC(C)C2)c(C)cn1.C[C@H](CO)[n+]1[nH]nnc1-c1cccc(N)n1.Cc1cnc(C(=O)Nc2cccc(-c3nn[nH][n+]3[C@H](C)CO)n2)cc1C1CC(C)C1.Cc1cnc(Cl)cc1Br.Cc1cnc(Cl)cc1C1CC(C)C1. The predicted molar refractivity (Wildman–Crippen MR) is 398 cm³/mol. The lowest BCUT2D eigenvalue weighted by molar-refractivity contribution is -0.766. The molecular formula is C73H104Br2Cl2N16O6+2. The molecule has 538 valence electrons. The lowest BCUT2D eigenvalue weighted by Crippen LogP contribution is -2.43. The van der Waals surface area contributed by atoms with Crippen LogP contribution in [0, 0.1) is 57.3 Å². The Labute approximate surface area is 611 Å². The molecule has 5 saturated carbocycles. The van der Waals surface area contributed by atoms with Gasteiger partial charge in [0.2, 0.25) is 0 Å². The number of aromatic amines is 2. The van der Waals surface area contributed by atoms with Crippen LogP contribution in [-0.4, -0.2) is 119 Å². The number of aliphatic hydroxyl groups is 3. The first-order chi connectivity index (χ1) is 46.2. The number of halogens is 4. The number of nitrogens with one attached hydrogen (secondary N) is 3. The number of esters is 1. The van der Waals surface area contributed by atoms with E-state index in [0.29, 0.717) is 74.8 Å². The average molecular weight is 1530 g/mol. The number of tetrazole rings is 2. The number of ether oxygens (including phenoxy) is 1. The minimum absolute atomic E-state index is 0. The monoisotopic (exact) mass is 1530 g/mol. The Morgan fingerprint density at radius 3 is 1.42 bits per heavy atom. The van der Waals surface area contributed by atoms with Gasteiger partial charge in [-0.15, -0.1) is 0 Å². The molecule has 0 saturated heterocycles.